The Kier molecular flexibility index (Phi) is 3.58. The van der Waals surface area contributed by atoms with Gasteiger partial charge in [0.05, 0.1) is 11.5 Å². The Morgan fingerprint density at radius 3 is 2.65 bits per heavy atom. The Hall–Kier alpha value is -0.950. The molecular weight excluding hydrogens is 294 g/mol. The summed E-state index contributed by atoms with van der Waals surface area (Å²) in [4.78, 5) is 0.833. The Bertz CT molecular complexity index is 732. The molecule has 1 heterocycles. The molecule has 0 atom stereocenters. The molecular formula is C14H17NO3S2. The van der Waals surface area contributed by atoms with Gasteiger partial charge in [0.25, 0.3) is 0 Å². The van der Waals surface area contributed by atoms with Crippen LogP contribution >= 0.6 is 11.3 Å². The van der Waals surface area contributed by atoms with Gasteiger partial charge in [0.15, 0.2) is 0 Å². The van der Waals surface area contributed by atoms with E-state index in [9.17, 15) is 13.5 Å². The van der Waals surface area contributed by atoms with E-state index in [-0.39, 0.29) is 12.6 Å². The topological polar surface area (TPSA) is 57.6 Å². The zero-order chi connectivity index (χ0) is 14.3. The van der Waals surface area contributed by atoms with E-state index >= 15 is 0 Å². The lowest BCUT2D eigenvalue weighted by Crippen LogP contribution is -2.33. The van der Waals surface area contributed by atoms with Crippen molar-refractivity contribution in [1.82, 2.24) is 4.31 Å². The van der Waals surface area contributed by atoms with Crippen LogP contribution in [0.1, 0.15) is 24.6 Å². The van der Waals surface area contributed by atoms with Crippen LogP contribution in [0, 0.1) is 0 Å². The predicted octanol–water partition coefficient (Wildman–Crippen LogP) is 2.57. The molecule has 3 rings (SSSR count). The van der Waals surface area contributed by atoms with Gasteiger partial charge in [-0.25, -0.2) is 8.42 Å². The van der Waals surface area contributed by atoms with Crippen LogP contribution in [0.5, 0.6) is 0 Å². The molecule has 1 aliphatic carbocycles. The van der Waals surface area contributed by atoms with E-state index in [1.54, 1.807) is 4.31 Å². The summed E-state index contributed by atoms with van der Waals surface area (Å²) in [7, 11) is -3.53. The largest absolute Gasteiger partial charge is 0.391 e. The lowest BCUT2D eigenvalue weighted by Gasteiger charge is -2.20. The molecule has 1 N–H and O–H groups in total. The van der Waals surface area contributed by atoms with Crippen LogP contribution in [0.2, 0.25) is 0 Å². The standard InChI is InChI=1S/C14H17NO3S2/c1-2-15(10-7-8-10)20(17,18)14-11-5-3-4-6-12(11)19-13(14)9-16/h3-6,10,16H,2,7-9H2,1H3. The third-order valence-electron chi connectivity index (χ3n) is 3.59. The molecule has 1 aromatic heterocycles. The monoisotopic (exact) mass is 311 g/mol. The Balaban J connectivity index is 2.21. The van der Waals surface area contributed by atoms with Crippen molar-refractivity contribution >= 4 is 31.4 Å². The van der Waals surface area contributed by atoms with Crippen LogP contribution in [-0.2, 0) is 16.6 Å². The third-order valence-corrected chi connectivity index (χ3v) is 7.03. The summed E-state index contributed by atoms with van der Waals surface area (Å²) in [5, 5.41) is 10.2. The molecule has 0 aliphatic heterocycles. The Morgan fingerprint density at radius 2 is 2.05 bits per heavy atom. The highest BCUT2D eigenvalue weighted by Gasteiger charge is 2.39. The second-order valence-corrected chi connectivity index (χ2v) is 7.91. The summed E-state index contributed by atoms with van der Waals surface area (Å²) in [5.41, 5.74) is 0. The van der Waals surface area contributed by atoms with Gasteiger partial charge in [0, 0.05) is 22.7 Å². The SMILES string of the molecule is CCN(C1CC1)S(=O)(=O)c1c(CO)sc2ccccc12. The van der Waals surface area contributed by atoms with Gasteiger partial charge < -0.3 is 5.11 Å². The Morgan fingerprint density at radius 1 is 1.35 bits per heavy atom. The number of thiophene rings is 1. The molecule has 0 unspecified atom stereocenters. The van der Waals surface area contributed by atoms with Gasteiger partial charge in [0.1, 0.15) is 4.90 Å². The minimum Gasteiger partial charge on any atom is -0.391 e. The van der Waals surface area contributed by atoms with Gasteiger partial charge in [-0.1, -0.05) is 25.1 Å². The van der Waals surface area contributed by atoms with Crippen molar-refractivity contribution < 1.29 is 13.5 Å². The van der Waals surface area contributed by atoms with Gasteiger partial charge in [-0.05, 0) is 18.9 Å². The van der Waals surface area contributed by atoms with Crippen molar-refractivity contribution in [2.24, 2.45) is 0 Å². The first-order valence-corrected chi connectivity index (χ1v) is 8.98. The number of hydrogen-bond donors (Lipinski definition) is 1. The lowest BCUT2D eigenvalue weighted by molar-refractivity contribution is 0.282. The highest BCUT2D eigenvalue weighted by molar-refractivity contribution is 7.89. The smallest absolute Gasteiger partial charge is 0.245 e. The highest BCUT2D eigenvalue weighted by Crippen LogP contribution is 2.39. The van der Waals surface area contributed by atoms with Crippen LogP contribution in [0.4, 0.5) is 0 Å². The molecule has 108 valence electrons. The molecule has 0 amide bonds. The number of nitrogens with zero attached hydrogens (tertiary/aromatic N) is 1. The van der Waals surface area contributed by atoms with Crippen molar-refractivity contribution in [3.63, 3.8) is 0 Å². The molecule has 0 saturated heterocycles. The number of fused-ring (bicyclic) bond motifs is 1. The van der Waals surface area contributed by atoms with Gasteiger partial charge in [-0.3, -0.25) is 0 Å². The van der Waals surface area contributed by atoms with E-state index in [2.05, 4.69) is 0 Å². The lowest BCUT2D eigenvalue weighted by atomic mass is 10.2. The zero-order valence-corrected chi connectivity index (χ0v) is 12.9. The highest BCUT2D eigenvalue weighted by atomic mass is 32.2. The summed E-state index contributed by atoms with van der Waals surface area (Å²) in [6.07, 6.45) is 1.87. The average Bonchev–Trinajstić information content (AvgIpc) is 3.17. The van der Waals surface area contributed by atoms with Crippen molar-refractivity contribution in [1.29, 1.82) is 0 Å². The fourth-order valence-corrected chi connectivity index (χ4v) is 6.01. The number of benzene rings is 1. The second kappa shape index (κ2) is 5.11. The normalized spacial score (nSPS) is 16.1. The minimum absolute atomic E-state index is 0.134. The molecule has 1 saturated carbocycles. The fraction of sp³-hybridized carbons (Fsp3) is 0.429. The molecule has 1 fully saturated rings. The first-order valence-electron chi connectivity index (χ1n) is 6.72. The molecule has 20 heavy (non-hydrogen) atoms. The maximum atomic E-state index is 12.9. The maximum Gasteiger partial charge on any atom is 0.245 e. The number of sulfonamides is 1. The molecule has 1 aromatic carbocycles. The van der Waals surface area contributed by atoms with E-state index in [1.807, 2.05) is 31.2 Å². The summed E-state index contributed by atoms with van der Waals surface area (Å²) in [6.45, 7) is 2.10. The van der Waals surface area contributed by atoms with Crippen LogP contribution in [0.25, 0.3) is 10.1 Å². The van der Waals surface area contributed by atoms with Crippen LogP contribution < -0.4 is 0 Å². The molecule has 0 radical (unpaired) electrons. The number of hydrogen-bond acceptors (Lipinski definition) is 4. The van der Waals surface area contributed by atoms with E-state index in [1.165, 1.54) is 11.3 Å². The average molecular weight is 311 g/mol. The predicted molar refractivity (Wildman–Crippen MR) is 80.3 cm³/mol. The van der Waals surface area contributed by atoms with E-state index in [0.29, 0.717) is 16.3 Å². The first kappa shape index (κ1) is 14.0. The van der Waals surface area contributed by atoms with Gasteiger partial charge in [-0.2, -0.15) is 4.31 Å². The quantitative estimate of drug-likeness (QED) is 0.923. The van der Waals surface area contributed by atoms with Crippen LogP contribution in [0.15, 0.2) is 29.2 Å². The van der Waals surface area contributed by atoms with Crippen molar-refractivity contribution in [3.05, 3.63) is 29.1 Å². The maximum absolute atomic E-state index is 12.9. The molecule has 0 bridgehead atoms. The minimum atomic E-state index is -3.53. The van der Waals surface area contributed by atoms with Crippen molar-refractivity contribution in [2.75, 3.05) is 6.54 Å². The van der Waals surface area contributed by atoms with E-state index < -0.39 is 10.0 Å². The molecule has 2 aromatic rings. The first-order chi connectivity index (χ1) is 9.59. The molecule has 0 spiro atoms. The number of rotatable bonds is 5. The van der Waals surface area contributed by atoms with Gasteiger partial charge >= 0.3 is 0 Å². The van der Waals surface area contributed by atoms with Crippen LogP contribution in [-0.4, -0.2) is 30.4 Å². The number of aliphatic hydroxyl groups excluding tert-OH is 1. The van der Waals surface area contributed by atoms with Crippen molar-refractivity contribution in [3.8, 4) is 0 Å². The van der Waals surface area contributed by atoms with E-state index in [0.717, 1.165) is 22.9 Å². The Labute approximate surface area is 122 Å². The van der Waals surface area contributed by atoms with E-state index in [4.69, 9.17) is 0 Å². The fourth-order valence-electron chi connectivity index (χ4n) is 2.56. The van der Waals surface area contributed by atoms with Gasteiger partial charge in [0.2, 0.25) is 10.0 Å². The third kappa shape index (κ3) is 2.16. The number of aliphatic hydroxyl groups is 1. The summed E-state index contributed by atoms with van der Waals surface area (Å²) in [6, 6.07) is 7.57. The zero-order valence-electron chi connectivity index (χ0n) is 11.2. The van der Waals surface area contributed by atoms with Crippen molar-refractivity contribution in [2.45, 2.75) is 37.3 Å². The summed E-state index contributed by atoms with van der Waals surface area (Å²) in [5.74, 6) is 0. The summed E-state index contributed by atoms with van der Waals surface area (Å²) < 4.78 is 28.3. The molecule has 4 nitrogen and oxygen atoms in total. The molecule has 1 aliphatic rings. The molecule has 6 heteroatoms. The van der Waals surface area contributed by atoms with Gasteiger partial charge in [-0.15, -0.1) is 11.3 Å². The van der Waals surface area contributed by atoms with Crippen LogP contribution in [0.3, 0.4) is 0 Å². The summed E-state index contributed by atoms with van der Waals surface area (Å²) >= 11 is 1.35. The second-order valence-electron chi connectivity index (χ2n) is 4.95.